The van der Waals surface area contributed by atoms with Gasteiger partial charge in [0.2, 0.25) is 0 Å². The second-order valence-electron chi connectivity index (χ2n) is 7.25. The second-order valence-corrected chi connectivity index (χ2v) is 7.25. The number of benzene rings is 2. The molecule has 0 atom stereocenters. The first kappa shape index (κ1) is 22.3. The van der Waals surface area contributed by atoms with Crippen LogP contribution in [0.2, 0.25) is 0 Å². The van der Waals surface area contributed by atoms with Crippen LogP contribution in [0.4, 0.5) is 0 Å². The minimum absolute atomic E-state index is 0.0191. The average molecular weight is 395 g/mol. The first-order valence-corrected chi connectivity index (χ1v) is 9.81. The van der Waals surface area contributed by atoms with Gasteiger partial charge in [-0.15, -0.1) is 6.58 Å². The molecule has 4 heteroatoms. The lowest BCUT2D eigenvalue weighted by molar-refractivity contribution is 0.104. The molecular formula is C25H30O4. The molecule has 2 aromatic carbocycles. The van der Waals surface area contributed by atoms with Crippen molar-refractivity contribution in [1.29, 1.82) is 0 Å². The van der Waals surface area contributed by atoms with Crippen LogP contribution in [0.3, 0.4) is 0 Å². The predicted octanol–water partition coefficient (Wildman–Crippen LogP) is 5.89. The molecule has 154 valence electrons. The van der Waals surface area contributed by atoms with Crippen molar-refractivity contribution in [3.63, 3.8) is 0 Å². The summed E-state index contributed by atoms with van der Waals surface area (Å²) in [6, 6.07) is 10.9. The van der Waals surface area contributed by atoms with Crippen molar-refractivity contribution >= 4 is 11.9 Å². The van der Waals surface area contributed by atoms with Crippen molar-refractivity contribution in [3.8, 4) is 17.2 Å². The molecule has 4 nitrogen and oxygen atoms in total. The normalized spacial score (nSPS) is 11.1. The fourth-order valence-corrected chi connectivity index (χ4v) is 2.82. The van der Waals surface area contributed by atoms with E-state index >= 15 is 0 Å². The number of hydrogen-bond acceptors (Lipinski definition) is 4. The molecule has 0 saturated carbocycles. The van der Waals surface area contributed by atoms with Crippen LogP contribution in [0.15, 0.2) is 55.1 Å². The highest BCUT2D eigenvalue weighted by Crippen LogP contribution is 2.33. The molecular weight excluding hydrogens is 364 g/mol. The molecule has 0 amide bonds. The van der Waals surface area contributed by atoms with E-state index < -0.39 is 0 Å². The summed E-state index contributed by atoms with van der Waals surface area (Å²) < 4.78 is 17.2. The molecule has 0 heterocycles. The topological polar surface area (TPSA) is 44.8 Å². The molecule has 0 aliphatic rings. The number of ether oxygens (including phenoxy) is 3. The predicted molar refractivity (Wildman–Crippen MR) is 118 cm³/mol. The molecule has 0 aliphatic heterocycles. The third-order valence-electron chi connectivity index (χ3n) is 4.07. The smallest absolute Gasteiger partial charge is 0.185 e. The quantitative estimate of drug-likeness (QED) is 0.286. The molecule has 0 spiro atoms. The van der Waals surface area contributed by atoms with Gasteiger partial charge >= 0.3 is 0 Å². The molecule has 29 heavy (non-hydrogen) atoms. The Hall–Kier alpha value is -3.01. The summed E-state index contributed by atoms with van der Waals surface area (Å²) in [6.07, 6.45) is 5.85. The summed E-state index contributed by atoms with van der Waals surface area (Å²) >= 11 is 0. The van der Waals surface area contributed by atoms with Gasteiger partial charge in [0, 0.05) is 11.1 Å². The number of allylic oxidation sites excluding steroid dienone is 2. The Labute approximate surface area is 173 Å². The SMILES string of the molecule is C=CCc1c(OC(C)C)cc(/C=C\C(=O)c2ccc(OC)cc2)cc1OC(C)C. The first-order chi connectivity index (χ1) is 13.8. The Morgan fingerprint density at radius 3 is 2.00 bits per heavy atom. The average Bonchev–Trinajstić information content (AvgIpc) is 2.67. The number of ketones is 1. The van der Waals surface area contributed by atoms with Crippen molar-refractivity contribution in [2.75, 3.05) is 7.11 Å². The number of rotatable bonds is 10. The van der Waals surface area contributed by atoms with Gasteiger partial charge < -0.3 is 14.2 Å². The third-order valence-corrected chi connectivity index (χ3v) is 4.07. The van der Waals surface area contributed by atoms with Crippen molar-refractivity contribution in [2.45, 2.75) is 46.3 Å². The lowest BCUT2D eigenvalue weighted by Crippen LogP contribution is -2.11. The van der Waals surface area contributed by atoms with Crippen LogP contribution >= 0.6 is 0 Å². The van der Waals surface area contributed by atoms with E-state index in [0.717, 1.165) is 22.6 Å². The summed E-state index contributed by atoms with van der Waals surface area (Å²) in [4.78, 5) is 12.5. The van der Waals surface area contributed by atoms with Gasteiger partial charge in [0.15, 0.2) is 5.78 Å². The Morgan fingerprint density at radius 1 is 1.00 bits per heavy atom. The maximum Gasteiger partial charge on any atom is 0.185 e. The lowest BCUT2D eigenvalue weighted by Gasteiger charge is -2.20. The van der Waals surface area contributed by atoms with Crippen molar-refractivity contribution in [1.82, 2.24) is 0 Å². The Bertz CT molecular complexity index is 830. The fourth-order valence-electron chi connectivity index (χ4n) is 2.82. The molecule has 0 aliphatic carbocycles. The van der Waals surface area contributed by atoms with Crippen LogP contribution in [0, 0.1) is 0 Å². The van der Waals surface area contributed by atoms with Crippen LogP contribution in [0.5, 0.6) is 17.2 Å². The molecule has 0 aromatic heterocycles. The molecule has 2 aromatic rings. The van der Waals surface area contributed by atoms with E-state index in [2.05, 4.69) is 6.58 Å². The van der Waals surface area contributed by atoms with E-state index in [0.29, 0.717) is 17.7 Å². The van der Waals surface area contributed by atoms with E-state index in [1.54, 1.807) is 43.5 Å². The second kappa shape index (κ2) is 10.5. The number of hydrogen-bond donors (Lipinski definition) is 0. The summed E-state index contributed by atoms with van der Waals surface area (Å²) in [5.41, 5.74) is 2.40. The van der Waals surface area contributed by atoms with E-state index in [9.17, 15) is 4.79 Å². The minimum atomic E-state index is -0.0829. The minimum Gasteiger partial charge on any atom is -0.497 e. The third kappa shape index (κ3) is 6.53. The highest BCUT2D eigenvalue weighted by atomic mass is 16.5. The summed E-state index contributed by atoms with van der Waals surface area (Å²) in [7, 11) is 1.60. The summed E-state index contributed by atoms with van der Waals surface area (Å²) in [5.74, 6) is 2.12. The Balaban J connectivity index is 2.37. The molecule has 2 rings (SSSR count). The fraction of sp³-hybridized carbons (Fsp3) is 0.320. The zero-order valence-electron chi connectivity index (χ0n) is 17.9. The van der Waals surface area contributed by atoms with Gasteiger partial charge in [-0.25, -0.2) is 0 Å². The van der Waals surface area contributed by atoms with E-state index in [1.165, 1.54) is 0 Å². The van der Waals surface area contributed by atoms with Crippen molar-refractivity contribution in [3.05, 3.63) is 71.8 Å². The lowest BCUT2D eigenvalue weighted by atomic mass is 10.0. The van der Waals surface area contributed by atoms with Gasteiger partial charge in [-0.2, -0.15) is 0 Å². The zero-order valence-corrected chi connectivity index (χ0v) is 17.9. The van der Waals surface area contributed by atoms with Crippen molar-refractivity contribution < 1.29 is 19.0 Å². The molecule has 0 radical (unpaired) electrons. The van der Waals surface area contributed by atoms with Crippen LogP contribution in [0.25, 0.3) is 6.08 Å². The highest BCUT2D eigenvalue weighted by molar-refractivity contribution is 6.06. The van der Waals surface area contributed by atoms with Crippen LogP contribution in [-0.4, -0.2) is 25.1 Å². The molecule has 0 N–H and O–H groups in total. The largest absolute Gasteiger partial charge is 0.497 e. The van der Waals surface area contributed by atoms with Crippen LogP contribution in [0.1, 0.15) is 49.2 Å². The first-order valence-electron chi connectivity index (χ1n) is 9.81. The Kier molecular flexibility index (Phi) is 8.08. The standard InChI is InChI=1S/C25H30O4/c1-7-8-22-24(28-17(2)3)15-19(16-25(22)29-18(4)5)9-14-23(26)20-10-12-21(27-6)13-11-20/h7,9-18H,1,8H2,2-6H3/b14-9-. The van der Waals surface area contributed by atoms with E-state index in [1.807, 2.05) is 45.9 Å². The molecule has 0 fully saturated rings. The van der Waals surface area contributed by atoms with Crippen LogP contribution < -0.4 is 14.2 Å². The monoisotopic (exact) mass is 394 g/mol. The maximum atomic E-state index is 12.5. The van der Waals surface area contributed by atoms with Gasteiger partial charge in [-0.1, -0.05) is 12.2 Å². The number of carbonyl (C=O) groups excluding carboxylic acids is 1. The number of carbonyl (C=O) groups is 1. The summed E-state index contributed by atoms with van der Waals surface area (Å²) in [5, 5.41) is 0. The van der Waals surface area contributed by atoms with Crippen molar-refractivity contribution in [2.24, 2.45) is 0 Å². The summed E-state index contributed by atoms with van der Waals surface area (Å²) in [6.45, 7) is 11.8. The Morgan fingerprint density at radius 2 is 1.55 bits per heavy atom. The molecule has 0 unspecified atom stereocenters. The van der Waals surface area contributed by atoms with Gasteiger partial charge in [-0.05, 0) is 82.2 Å². The zero-order chi connectivity index (χ0) is 21.4. The van der Waals surface area contributed by atoms with Gasteiger partial charge in [0.25, 0.3) is 0 Å². The van der Waals surface area contributed by atoms with E-state index in [4.69, 9.17) is 14.2 Å². The van der Waals surface area contributed by atoms with E-state index in [-0.39, 0.29) is 18.0 Å². The van der Waals surface area contributed by atoms with Crippen LogP contribution in [-0.2, 0) is 6.42 Å². The number of methoxy groups -OCH3 is 1. The van der Waals surface area contributed by atoms with Gasteiger partial charge in [-0.3, -0.25) is 4.79 Å². The van der Waals surface area contributed by atoms with Gasteiger partial charge in [0.05, 0.1) is 19.3 Å². The van der Waals surface area contributed by atoms with Gasteiger partial charge in [0.1, 0.15) is 17.2 Å². The highest BCUT2D eigenvalue weighted by Gasteiger charge is 2.14. The maximum absolute atomic E-state index is 12.5. The molecule has 0 saturated heterocycles. The molecule has 0 bridgehead atoms.